The normalized spacial score (nSPS) is 11.5. The Morgan fingerprint density at radius 3 is 2.75 bits per heavy atom. The van der Waals surface area contributed by atoms with E-state index in [1.807, 2.05) is 13.1 Å². The lowest BCUT2D eigenvalue weighted by molar-refractivity contribution is 0.0671. The molecular weight excluding hydrogens is 449 g/mol. The molecule has 2 N–H and O–H groups in total. The molecule has 24 heavy (non-hydrogen) atoms. The maximum Gasteiger partial charge on any atom is 0.319 e. The highest BCUT2D eigenvalue weighted by Crippen LogP contribution is 2.14. The molecule has 0 spiro atoms. The van der Waals surface area contributed by atoms with Crippen molar-refractivity contribution in [2.75, 3.05) is 6.54 Å². The highest BCUT2D eigenvalue weighted by Gasteiger charge is 2.11. The highest BCUT2D eigenvalue weighted by molar-refractivity contribution is 14.0. The summed E-state index contributed by atoms with van der Waals surface area (Å²) in [6, 6.07) is 0. The standard InChI is InChI=1S/C14H20F2N6S.HI/c1-3-10-7-19-12(23-10)9-21-14(17-4-2)20-8-11-18-5-6-22(11)13(15)16;/h5-7,13H,3-4,8-9H2,1-2H3,(H2,17,20,21);1H. The first-order valence-electron chi connectivity index (χ1n) is 7.39. The van der Waals surface area contributed by atoms with E-state index in [2.05, 4.69) is 32.5 Å². The molecule has 0 unspecified atom stereocenters. The van der Waals surface area contributed by atoms with E-state index in [1.165, 1.54) is 17.3 Å². The smallest absolute Gasteiger partial charge is 0.319 e. The average Bonchev–Trinajstić information content (AvgIpc) is 3.18. The van der Waals surface area contributed by atoms with Crippen LogP contribution in [0.4, 0.5) is 8.78 Å². The lowest BCUT2D eigenvalue weighted by Gasteiger charge is -2.10. The molecule has 0 bridgehead atoms. The summed E-state index contributed by atoms with van der Waals surface area (Å²) in [5.41, 5.74) is 0. The number of alkyl halides is 2. The first-order chi connectivity index (χ1) is 11.1. The van der Waals surface area contributed by atoms with Crippen LogP contribution in [0, 0.1) is 0 Å². The Kier molecular flexibility index (Phi) is 9.11. The van der Waals surface area contributed by atoms with Crippen LogP contribution in [0.3, 0.4) is 0 Å². The van der Waals surface area contributed by atoms with Crippen LogP contribution in [0.25, 0.3) is 0 Å². The Labute approximate surface area is 160 Å². The van der Waals surface area contributed by atoms with Crippen LogP contribution >= 0.6 is 35.3 Å². The molecule has 0 radical (unpaired) electrons. The van der Waals surface area contributed by atoms with Crippen molar-refractivity contribution in [2.24, 2.45) is 4.99 Å². The predicted molar refractivity (Wildman–Crippen MR) is 102 cm³/mol. The summed E-state index contributed by atoms with van der Waals surface area (Å²) >= 11 is 1.64. The summed E-state index contributed by atoms with van der Waals surface area (Å²) in [5.74, 6) is 0.768. The third-order valence-corrected chi connectivity index (χ3v) is 4.18. The summed E-state index contributed by atoms with van der Waals surface area (Å²) < 4.78 is 26.4. The zero-order valence-electron chi connectivity index (χ0n) is 13.5. The minimum Gasteiger partial charge on any atom is -0.357 e. The molecule has 2 aromatic rings. The summed E-state index contributed by atoms with van der Waals surface area (Å²) in [7, 11) is 0. The average molecular weight is 470 g/mol. The number of aryl methyl sites for hydroxylation is 1. The molecule has 0 aliphatic carbocycles. The number of hydrogen-bond acceptors (Lipinski definition) is 4. The number of rotatable bonds is 7. The monoisotopic (exact) mass is 470 g/mol. The second kappa shape index (κ2) is 10.5. The SMILES string of the molecule is CCNC(=NCc1nccn1C(F)F)NCc1ncc(CC)s1.I. The fraction of sp³-hybridized carbons (Fsp3) is 0.500. The zero-order chi connectivity index (χ0) is 16.7. The first kappa shape index (κ1) is 20.7. The van der Waals surface area contributed by atoms with Gasteiger partial charge in [-0.3, -0.25) is 4.57 Å². The third-order valence-electron chi connectivity index (χ3n) is 3.04. The summed E-state index contributed by atoms with van der Waals surface area (Å²) in [6.45, 7) is 2.70. The van der Waals surface area contributed by atoms with Crippen LogP contribution in [0.1, 0.15) is 36.1 Å². The predicted octanol–water partition coefficient (Wildman–Crippen LogP) is 3.17. The molecule has 2 aromatic heterocycles. The lowest BCUT2D eigenvalue weighted by atomic mass is 10.4. The summed E-state index contributed by atoms with van der Waals surface area (Å²) in [4.78, 5) is 13.8. The van der Waals surface area contributed by atoms with Crippen LogP contribution in [0.2, 0.25) is 0 Å². The van der Waals surface area contributed by atoms with Crippen LogP contribution in [0.5, 0.6) is 0 Å². The van der Waals surface area contributed by atoms with Gasteiger partial charge in [0.2, 0.25) is 0 Å². The molecule has 0 saturated heterocycles. The largest absolute Gasteiger partial charge is 0.357 e. The van der Waals surface area contributed by atoms with Gasteiger partial charge in [-0.05, 0) is 13.3 Å². The lowest BCUT2D eigenvalue weighted by Crippen LogP contribution is -2.36. The van der Waals surface area contributed by atoms with Gasteiger partial charge in [-0.15, -0.1) is 35.3 Å². The van der Waals surface area contributed by atoms with Gasteiger partial charge in [-0.25, -0.2) is 15.0 Å². The second-order valence-corrected chi connectivity index (χ2v) is 5.85. The Morgan fingerprint density at radius 2 is 2.12 bits per heavy atom. The number of hydrogen-bond donors (Lipinski definition) is 2. The van der Waals surface area contributed by atoms with Gasteiger partial charge in [0.05, 0.1) is 6.54 Å². The van der Waals surface area contributed by atoms with Crippen molar-refractivity contribution in [2.45, 2.75) is 39.9 Å². The van der Waals surface area contributed by atoms with Crippen LogP contribution < -0.4 is 10.6 Å². The molecule has 0 aliphatic heterocycles. The molecule has 0 aliphatic rings. The quantitative estimate of drug-likeness (QED) is 0.371. The fourth-order valence-corrected chi connectivity index (χ4v) is 2.69. The molecule has 2 heterocycles. The van der Waals surface area contributed by atoms with Crippen LogP contribution in [0.15, 0.2) is 23.6 Å². The minimum atomic E-state index is -2.61. The first-order valence-corrected chi connectivity index (χ1v) is 8.21. The van der Waals surface area contributed by atoms with Gasteiger partial charge in [0.15, 0.2) is 5.96 Å². The molecule has 0 aromatic carbocycles. The van der Waals surface area contributed by atoms with Gasteiger partial charge in [-0.2, -0.15) is 8.78 Å². The van der Waals surface area contributed by atoms with Crippen molar-refractivity contribution in [1.82, 2.24) is 25.2 Å². The molecular formula is C14H21F2IN6S. The maximum atomic E-state index is 12.8. The van der Waals surface area contributed by atoms with Gasteiger partial charge in [0.1, 0.15) is 17.4 Å². The number of imidazole rings is 1. The van der Waals surface area contributed by atoms with E-state index in [0.717, 1.165) is 16.0 Å². The van der Waals surface area contributed by atoms with E-state index >= 15 is 0 Å². The fourth-order valence-electron chi connectivity index (χ4n) is 1.89. The molecule has 0 atom stereocenters. The second-order valence-electron chi connectivity index (χ2n) is 4.65. The van der Waals surface area contributed by atoms with Crippen LogP contribution in [-0.2, 0) is 19.5 Å². The number of nitrogens with zero attached hydrogens (tertiary/aromatic N) is 4. The number of aliphatic imine (C=N–C) groups is 1. The number of halogens is 3. The van der Waals surface area contributed by atoms with Gasteiger partial charge >= 0.3 is 6.55 Å². The van der Waals surface area contributed by atoms with E-state index in [1.54, 1.807) is 11.3 Å². The molecule has 0 fully saturated rings. The van der Waals surface area contributed by atoms with E-state index in [0.29, 0.717) is 19.0 Å². The van der Waals surface area contributed by atoms with Gasteiger partial charge in [0.25, 0.3) is 0 Å². The van der Waals surface area contributed by atoms with Crippen molar-refractivity contribution in [3.63, 3.8) is 0 Å². The summed E-state index contributed by atoms with van der Waals surface area (Å²) in [5, 5.41) is 7.18. The Morgan fingerprint density at radius 1 is 1.33 bits per heavy atom. The number of guanidine groups is 1. The third kappa shape index (κ3) is 5.96. The van der Waals surface area contributed by atoms with E-state index in [-0.39, 0.29) is 36.3 Å². The van der Waals surface area contributed by atoms with Gasteiger partial charge in [-0.1, -0.05) is 6.92 Å². The van der Waals surface area contributed by atoms with Crippen molar-refractivity contribution in [3.05, 3.63) is 34.3 Å². The Hall–Kier alpha value is -1.30. The number of aromatic nitrogens is 3. The number of nitrogens with one attached hydrogen (secondary N) is 2. The van der Waals surface area contributed by atoms with Crippen LogP contribution in [-0.4, -0.2) is 27.0 Å². The molecule has 2 rings (SSSR count). The van der Waals surface area contributed by atoms with E-state index in [9.17, 15) is 8.78 Å². The highest BCUT2D eigenvalue weighted by atomic mass is 127. The van der Waals surface area contributed by atoms with Gasteiger partial charge < -0.3 is 10.6 Å². The molecule has 0 saturated carbocycles. The molecule has 6 nitrogen and oxygen atoms in total. The molecule has 10 heteroatoms. The minimum absolute atomic E-state index is 0. The van der Waals surface area contributed by atoms with Crippen molar-refractivity contribution >= 4 is 41.3 Å². The van der Waals surface area contributed by atoms with Crippen molar-refractivity contribution in [3.8, 4) is 0 Å². The number of thiazole rings is 1. The zero-order valence-corrected chi connectivity index (χ0v) is 16.6. The Balaban J connectivity index is 0.00000288. The topological polar surface area (TPSA) is 67.1 Å². The molecule has 0 amide bonds. The molecule has 134 valence electrons. The van der Waals surface area contributed by atoms with Crippen molar-refractivity contribution < 1.29 is 8.78 Å². The Bertz CT molecular complexity index is 643. The summed E-state index contributed by atoms with van der Waals surface area (Å²) in [6.07, 6.45) is 5.42. The van der Waals surface area contributed by atoms with Crippen molar-refractivity contribution in [1.29, 1.82) is 0 Å². The van der Waals surface area contributed by atoms with Gasteiger partial charge in [0, 0.05) is 30.0 Å². The van der Waals surface area contributed by atoms with E-state index < -0.39 is 6.55 Å². The maximum absolute atomic E-state index is 12.8. The van der Waals surface area contributed by atoms with E-state index in [4.69, 9.17) is 0 Å².